The highest BCUT2D eigenvalue weighted by molar-refractivity contribution is 7.15. The normalized spacial score (nSPS) is 22.9. The number of nitrogens with two attached hydrogens (primary N) is 1. The van der Waals surface area contributed by atoms with Crippen molar-refractivity contribution in [3.8, 4) is 0 Å². The third-order valence-corrected chi connectivity index (χ3v) is 8.54. The molecule has 0 amide bonds. The number of anilines is 1. The fourth-order valence-electron chi connectivity index (χ4n) is 5.67. The lowest BCUT2D eigenvalue weighted by Gasteiger charge is -2.36. The van der Waals surface area contributed by atoms with Crippen molar-refractivity contribution in [2.75, 3.05) is 18.8 Å². The second-order valence-electron chi connectivity index (χ2n) is 10.1. The van der Waals surface area contributed by atoms with Crippen LogP contribution >= 0.6 is 11.3 Å². The monoisotopic (exact) mass is 483 g/mol. The van der Waals surface area contributed by atoms with Crippen LogP contribution in [-0.2, 0) is 17.6 Å². The van der Waals surface area contributed by atoms with Gasteiger partial charge in [0.25, 0.3) is 0 Å². The van der Waals surface area contributed by atoms with E-state index in [0.717, 1.165) is 38.1 Å². The Kier molecular flexibility index (Phi) is 8.90. The first-order valence-electron chi connectivity index (χ1n) is 12.9. The predicted octanol–water partition coefficient (Wildman–Crippen LogP) is 6.30. The van der Waals surface area contributed by atoms with Crippen molar-refractivity contribution in [3.63, 3.8) is 0 Å². The smallest absolute Gasteiger partial charge is 0.180 e. The number of hydrogen-bond acceptors (Lipinski definition) is 5. The number of aromatic nitrogens is 1. The molecule has 1 aromatic carbocycles. The Labute approximate surface area is 207 Å². The van der Waals surface area contributed by atoms with E-state index in [1.54, 1.807) is 41.7 Å². The second kappa shape index (κ2) is 12.1. The lowest BCUT2D eigenvalue weighted by molar-refractivity contribution is -0.115. The minimum absolute atomic E-state index is 0.112. The van der Waals surface area contributed by atoms with Gasteiger partial charge in [-0.1, -0.05) is 38.0 Å². The van der Waals surface area contributed by atoms with E-state index in [1.165, 1.54) is 55.3 Å². The molecule has 0 bridgehead atoms. The van der Waals surface area contributed by atoms with Crippen LogP contribution < -0.4 is 5.73 Å². The lowest BCUT2D eigenvalue weighted by Crippen LogP contribution is -2.41. The Morgan fingerprint density at radius 1 is 1.18 bits per heavy atom. The van der Waals surface area contributed by atoms with Crippen molar-refractivity contribution in [2.45, 2.75) is 77.2 Å². The molecular weight excluding hydrogens is 445 g/mol. The number of halogens is 1. The van der Waals surface area contributed by atoms with Crippen LogP contribution in [-0.4, -0.2) is 34.8 Å². The number of ketones is 1. The van der Waals surface area contributed by atoms with Gasteiger partial charge in [-0.3, -0.25) is 4.79 Å². The maximum absolute atomic E-state index is 13.7. The maximum atomic E-state index is 13.7. The largest absolute Gasteiger partial charge is 0.375 e. The molecule has 0 unspecified atom stereocenters. The Bertz CT molecular complexity index is 980. The van der Waals surface area contributed by atoms with E-state index in [4.69, 9.17) is 5.73 Å². The molecule has 1 aromatic heterocycles. The van der Waals surface area contributed by atoms with Gasteiger partial charge in [0.05, 0.1) is 5.69 Å². The number of hydrogen-bond donors (Lipinski definition) is 1. The number of carbonyl (C=O) groups excluding carboxylic acids is 1. The fraction of sp³-hybridized carbons (Fsp3) is 0.571. The molecule has 4 rings (SSSR count). The number of benzene rings is 1. The first kappa shape index (κ1) is 25.1. The molecule has 184 valence electrons. The molecule has 1 fully saturated rings. The van der Waals surface area contributed by atoms with Crippen LogP contribution in [0.1, 0.15) is 74.4 Å². The first-order valence-corrected chi connectivity index (χ1v) is 13.8. The van der Waals surface area contributed by atoms with E-state index in [1.807, 2.05) is 0 Å². The van der Waals surface area contributed by atoms with Gasteiger partial charge in [0.2, 0.25) is 0 Å². The van der Waals surface area contributed by atoms with Crippen molar-refractivity contribution < 1.29 is 9.18 Å². The zero-order valence-corrected chi connectivity index (χ0v) is 21.2. The quantitative estimate of drug-likeness (QED) is 0.403. The number of carbonyl (C=O) groups is 1. The van der Waals surface area contributed by atoms with Crippen LogP contribution in [0.25, 0.3) is 6.08 Å². The van der Waals surface area contributed by atoms with Gasteiger partial charge in [-0.25, -0.2) is 9.37 Å². The molecule has 1 heterocycles. The molecule has 0 saturated heterocycles. The van der Waals surface area contributed by atoms with Crippen LogP contribution in [0.3, 0.4) is 0 Å². The molecule has 4 nitrogen and oxygen atoms in total. The Morgan fingerprint density at radius 2 is 1.94 bits per heavy atom. The summed E-state index contributed by atoms with van der Waals surface area (Å²) in [6, 6.07) is 7.19. The number of nitrogen functional groups attached to an aromatic ring is 1. The summed E-state index contributed by atoms with van der Waals surface area (Å²) in [5.74, 6) is 1.06. The summed E-state index contributed by atoms with van der Waals surface area (Å²) >= 11 is 1.67. The zero-order chi connectivity index (χ0) is 23.9. The van der Waals surface area contributed by atoms with Crippen LogP contribution in [0.5, 0.6) is 0 Å². The van der Waals surface area contributed by atoms with Crippen LogP contribution in [0.4, 0.5) is 9.52 Å². The van der Waals surface area contributed by atoms with Gasteiger partial charge < -0.3 is 10.6 Å². The van der Waals surface area contributed by atoms with E-state index in [-0.39, 0.29) is 11.6 Å². The van der Waals surface area contributed by atoms with E-state index < -0.39 is 0 Å². The molecule has 0 aliphatic heterocycles. The Morgan fingerprint density at radius 3 is 2.71 bits per heavy atom. The van der Waals surface area contributed by atoms with E-state index in [0.29, 0.717) is 29.1 Å². The number of nitrogens with zero attached hydrogens (tertiary/aromatic N) is 2. The molecule has 6 heteroatoms. The summed E-state index contributed by atoms with van der Waals surface area (Å²) in [5.41, 5.74) is 7.64. The molecular formula is C28H38FN3OS. The highest BCUT2D eigenvalue weighted by Gasteiger charge is 2.28. The lowest BCUT2D eigenvalue weighted by atomic mass is 9.78. The van der Waals surface area contributed by atoms with Gasteiger partial charge in [0, 0.05) is 22.9 Å². The summed E-state index contributed by atoms with van der Waals surface area (Å²) in [5, 5.41) is 0.714. The number of aryl methyl sites for hydroxylation is 1. The SMILES string of the molecule is CCCN(CCC1CCC(CC(=O)/C=C/c2ccccc2F)CC1)[C@H]1CCc2nc(N)sc2C1. The minimum atomic E-state index is -0.283. The van der Waals surface area contributed by atoms with Crippen molar-refractivity contribution >= 4 is 28.3 Å². The van der Waals surface area contributed by atoms with Crippen molar-refractivity contribution in [2.24, 2.45) is 11.8 Å². The van der Waals surface area contributed by atoms with Gasteiger partial charge in [0.1, 0.15) is 5.82 Å². The molecule has 2 aliphatic carbocycles. The molecule has 0 spiro atoms. The van der Waals surface area contributed by atoms with Gasteiger partial charge in [0.15, 0.2) is 10.9 Å². The second-order valence-corrected chi connectivity index (χ2v) is 11.2. The molecule has 2 aliphatic rings. The van der Waals surface area contributed by atoms with Gasteiger partial charge in [-0.2, -0.15) is 0 Å². The molecule has 2 aromatic rings. The standard InChI is InChI=1S/C28H38FN3OS/c1-2-16-32(23-12-14-26-27(19-23)34-28(30)31-26)17-15-20-7-9-21(10-8-20)18-24(33)13-11-22-5-3-4-6-25(22)29/h3-6,11,13,20-21,23H,2,7-10,12,14-19H2,1H3,(H2,30,31)/b13-11+/t20?,21?,23-/m0/s1. The molecule has 2 N–H and O–H groups in total. The maximum Gasteiger partial charge on any atom is 0.180 e. The highest BCUT2D eigenvalue weighted by Crippen LogP contribution is 2.34. The average Bonchev–Trinajstić information content (AvgIpc) is 3.21. The molecule has 1 saturated carbocycles. The first-order chi connectivity index (χ1) is 16.5. The average molecular weight is 484 g/mol. The summed E-state index contributed by atoms with van der Waals surface area (Å²) < 4.78 is 13.7. The summed E-state index contributed by atoms with van der Waals surface area (Å²) in [6.07, 6.45) is 14.2. The summed E-state index contributed by atoms with van der Waals surface area (Å²) in [7, 11) is 0. The van der Waals surface area contributed by atoms with E-state index >= 15 is 0 Å². The van der Waals surface area contributed by atoms with Gasteiger partial charge in [-0.15, -0.1) is 11.3 Å². The molecule has 34 heavy (non-hydrogen) atoms. The number of rotatable bonds is 10. The summed E-state index contributed by atoms with van der Waals surface area (Å²) in [4.78, 5) is 21.0. The highest BCUT2D eigenvalue weighted by atomic mass is 32.1. The van der Waals surface area contributed by atoms with Crippen LogP contribution in [0.15, 0.2) is 30.3 Å². The minimum Gasteiger partial charge on any atom is -0.375 e. The van der Waals surface area contributed by atoms with Crippen LogP contribution in [0, 0.1) is 17.7 Å². The van der Waals surface area contributed by atoms with E-state index in [2.05, 4.69) is 16.8 Å². The van der Waals surface area contributed by atoms with Crippen molar-refractivity contribution in [1.29, 1.82) is 0 Å². The van der Waals surface area contributed by atoms with Gasteiger partial charge in [-0.05, 0) is 88.1 Å². The number of fused-ring (bicyclic) bond motifs is 1. The van der Waals surface area contributed by atoms with Crippen molar-refractivity contribution in [1.82, 2.24) is 9.88 Å². The Balaban J connectivity index is 1.20. The topological polar surface area (TPSA) is 59.2 Å². The van der Waals surface area contributed by atoms with Crippen LogP contribution in [0.2, 0.25) is 0 Å². The zero-order valence-electron chi connectivity index (χ0n) is 20.3. The third kappa shape index (κ3) is 6.76. The molecule has 1 atom stereocenters. The van der Waals surface area contributed by atoms with Gasteiger partial charge >= 0.3 is 0 Å². The predicted molar refractivity (Wildman–Crippen MR) is 139 cm³/mol. The third-order valence-electron chi connectivity index (χ3n) is 7.59. The number of thiazole rings is 1. The van der Waals surface area contributed by atoms with E-state index in [9.17, 15) is 9.18 Å². The molecule has 0 radical (unpaired) electrons. The summed E-state index contributed by atoms with van der Waals surface area (Å²) in [6.45, 7) is 4.60. The fourth-order valence-corrected chi connectivity index (χ4v) is 6.62. The van der Waals surface area contributed by atoms with Crippen molar-refractivity contribution in [3.05, 3.63) is 52.3 Å². The number of allylic oxidation sites excluding steroid dienone is 1. The Hall–Kier alpha value is -2.05.